The van der Waals surface area contributed by atoms with Gasteiger partial charge in [0.2, 0.25) is 0 Å². The van der Waals surface area contributed by atoms with Gasteiger partial charge in [0.1, 0.15) is 5.78 Å². The number of halogens is 1. The zero-order chi connectivity index (χ0) is 7.84. The standard InChI is InChI=1S/C9H9BrO/c10-7-2-3-8-6(5-7)1-4-9(8)11/h2-3,5-6,8H,1,4H2. The Morgan fingerprint density at radius 3 is 3.18 bits per heavy atom. The Bertz CT molecular complexity index is 252. The smallest absolute Gasteiger partial charge is 0.140 e. The maximum Gasteiger partial charge on any atom is 0.140 e. The third-order valence-electron chi connectivity index (χ3n) is 2.39. The van der Waals surface area contributed by atoms with E-state index < -0.39 is 0 Å². The average molecular weight is 213 g/mol. The van der Waals surface area contributed by atoms with Crippen molar-refractivity contribution in [1.29, 1.82) is 0 Å². The van der Waals surface area contributed by atoms with Gasteiger partial charge in [-0.3, -0.25) is 4.79 Å². The van der Waals surface area contributed by atoms with E-state index in [1.54, 1.807) is 0 Å². The molecule has 0 aromatic carbocycles. The van der Waals surface area contributed by atoms with Gasteiger partial charge in [-0.05, 0) is 12.3 Å². The molecule has 2 heteroatoms. The summed E-state index contributed by atoms with van der Waals surface area (Å²) in [7, 11) is 0. The predicted octanol–water partition coefficient (Wildman–Crippen LogP) is 2.43. The normalized spacial score (nSPS) is 35.4. The molecule has 0 radical (unpaired) electrons. The van der Waals surface area contributed by atoms with Crippen LogP contribution in [0.2, 0.25) is 0 Å². The van der Waals surface area contributed by atoms with Gasteiger partial charge >= 0.3 is 0 Å². The van der Waals surface area contributed by atoms with Gasteiger partial charge in [-0.2, -0.15) is 0 Å². The van der Waals surface area contributed by atoms with Crippen molar-refractivity contribution in [3.8, 4) is 0 Å². The lowest BCUT2D eigenvalue weighted by molar-refractivity contribution is -0.119. The highest BCUT2D eigenvalue weighted by atomic mass is 79.9. The van der Waals surface area contributed by atoms with E-state index in [0.29, 0.717) is 11.7 Å². The van der Waals surface area contributed by atoms with Gasteiger partial charge < -0.3 is 0 Å². The summed E-state index contributed by atoms with van der Waals surface area (Å²) < 4.78 is 1.12. The van der Waals surface area contributed by atoms with Crippen molar-refractivity contribution in [3.05, 3.63) is 22.7 Å². The Labute approximate surface area is 74.3 Å². The molecule has 1 nitrogen and oxygen atoms in total. The van der Waals surface area contributed by atoms with Gasteiger partial charge in [-0.15, -0.1) is 0 Å². The fourth-order valence-corrected chi connectivity index (χ4v) is 2.28. The number of Topliss-reactive ketones (excluding diaryl/α,β-unsaturated/α-hetero) is 1. The van der Waals surface area contributed by atoms with Crippen LogP contribution in [0.4, 0.5) is 0 Å². The molecule has 0 aliphatic heterocycles. The third-order valence-corrected chi connectivity index (χ3v) is 2.92. The van der Waals surface area contributed by atoms with E-state index >= 15 is 0 Å². The topological polar surface area (TPSA) is 17.1 Å². The summed E-state index contributed by atoms with van der Waals surface area (Å²) in [6, 6.07) is 0. The molecule has 1 saturated carbocycles. The second-order valence-electron chi connectivity index (χ2n) is 3.11. The number of rotatable bonds is 0. The molecule has 58 valence electrons. The summed E-state index contributed by atoms with van der Waals surface area (Å²) in [5.41, 5.74) is 0. The maximum atomic E-state index is 11.2. The summed E-state index contributed by atoms with van der Waals surface area (Å²) in [6.07, 6.45) is 7.93. The van der Waals surface area contributed by atoms with Gasteiger partial charge in [0.15, 0.2) is 0 Å². The molecule has 2 atom stereocenters. The lowest BCUT2D eigenvalue weighted by Crippen LogP contribution is -2.12. The number of allylic oxidation sites excluding steroid dienone is 4. The van der Waals surface area contributed by atoms with E-state index in [-0.39, 0.29) is 5.92 Å². The minimum atomic E-state index is 0.191. The fourth-order valence-electron chi connectivity index (χ4n) is 1.79. The molecule has 2 unspecified atom stereocenters. The summed E-state index contributed by atoms with van der Waals surface area (Å²) in [5.74, 6) is 1.07. The van der Waals surface area contributed by atoms with Gasteiger partial charge in [-0.1, -0.05) is 34.2 Å². The Morgan fingerprint density at radius 2 is 2.36 bits per heavy atom. The first-order chi connectivity index (χ1) is 5.27. The van der Waals surface area contributed by atoms with Crippen molar-refractivity contribution in [3.63, 3.8) is 0 Å². The SMILES string of the molecule is O=C1CCC2C=C(Br)C=CC12. The molecule has 0 N–H and O–H groups in total. The molecule has 0 spiro atoms. The summed E-state index contributed by atoms with van der Waals surface area (Å²) in [6.45, 7) is 0. The zero-order valence-electron chi connectivity index (χ0n) is 6.09. The molecule has 2 rings (SSSR count). The highest BCUT2D eigenvalue weighted by Crippen LogP contribution is 2.35. The first-order valence-electron chi connectivity index (χ1n) is 3.85. The largest absolute Gasteiger partial charge is 0.299 e. The first kappa shape index (κ1) is 7.29. The van der Waals surface area contributed by atoms with Crippen molar-refractivity contribution in [2.24, 2.45) is 11.8 Å². The van der Waals surface area contributed by atoms with Gasteiger partial charge in [-0.25, -0.2) is 0 Å². The molecular weight excluding hydrogens is 204 g/mol. The molecular formula is C9H9BrO. The van der Waals surface area contributed by atoms with Crippen LogP contribution < -0.4 is 0 Å². The monoisotopic (exact) mass is 212 g/mol. The Hall–Kier alpha value is -0.370. The van der Waals surface area contributed by atoms with E-state index in [1.165, 1.54) is 0 Å². The van der Waals surface area contributed by atoms with Crippen LogP contribution in [0.1, 0.15) is 12.8 Å². The Kier molecular flexibility index (Phi) is 1.72. The van der Waals surface area contributed by atoms with Crippen LogP contribution in [-0.2, 0) is 4.79 Å². The number of carbonyl (C=O) groups is 1. The molecule has 2 aliphatic rings. The van der Waals surface area contributed by atoms with E-state index in [0.717, 1.165) is 17.3 Å². The van der Waals surface area contributed by atoms with Gasteiger partial charge in [0.05, 0.1) is 0 Å². The van der Waals surface area contributed by atoms with Crippen LogP contribution in [0.15, 0.2) is 22.7 Å². The maximum absolute atomic E-state index is 11.2. The van der Waals surface area contributed by atoms with Crippen LogP contribution >= 0.6 is 15.9 Å². The lowest BCUT2D eigenvalue weighted by atomic mass is 9.91. The first-order valence-corrected chi connectivity index (χ1v) is 4.65. The highest BCUT2D eigenvalue weighted by Gasteiger charge is 2.32. The van der Waals surface area contributed by atoms with Crippen LogP contribution in [0.3, 0.4) is 0 Å². The van der Waals surface area contributed by atoms with Crippen LogP contribution in [-0.4, -0.2) is 5.78 Å². The number of fused-ring (bicyclic) bond motifs is 1. The Morgan fingerprint density at radius 1 is 1.55 bits per heavy atom. The van der Waals surface area contributed by atoms with Crippen molar-refractivity contribution < 1.29 is 4.79 Å². The molecule has 1 fully saturated rings. The lowest BCUT2D eigenvalue weighted by Gasteiger charge is -2.14. The van der Waals surface area contributed by atoms with Crippen molar-refractivity contribution in [1.82, 2.24) is 0 Å². The van der Waals surface area contributed by atoms with E-state index in [2.05, 4.69) is 22.0 Å². The molecule has 2 aliphatic carbocycles. The molecule has 0 heterocycles. The van der Waals surface area contributed by atoms with Gasteiger partial charge in [0, 0.05) is 16.8 Å². The summed E-state index contributed by atoms with van der Waals surface area (Å²) >= 11 is 3.41. The van der Waals surface area contributed by atoms with E-state index in [9.17, 15) is 4.79 Å². The molecule has 0 amide bonds. The number of hydrogen-bond donors (Lipinski definition) is 0. The molecule has 0 bridgehead atoms. The average Bonchev–Trinajstić information content (AvgIpc) is 2.32. The second kappa shape index (κ2) is 2.59. The molecule has 0 aromatic rings. The highest BCUT2D eigenvalue weighted by molar-refractivity contribution is 9.11. The number of hydrogen-bond acceptors (Lipinski definition) is 1. The molecule has 0 aromatic heterocycles. The Balaban J connectivity index is 2.27. The van der Waals surface area contributed by atoms with E-state index in [4.69, 9.17) is 0 Å². The minimum absolute atomic E-state index is 0.191. The quantitative estimate of drug-likeness (QED) is 0.603. The third kappa shape index (κ3) is 1.20. The molecule has 0 saturated heterocycles. The predicted molar refractivity (Wildman–Crippen MR) is 47.4 cm³/mol. The van der Waals surface area contributed by atoms with E-state index in [1.807, 2.05) is 12.2 Å². The van der Waals surface area contributed by atoms with Crippen molar-refractivity contribution in [2.75, 3.05) is 0 Å². The zero-order valence-corrected chi connectivity index (χ0v) is 7.67. The fraction of sp³-hybridized carbons (Fsp3) is 0.444. The summed E-state index contributed by atoms with van der Waals surface area (Å²) in [5, 5.41) is 0. The van der Waals surface area contributed by atoms with Crippen LogP contribution in [0.5, 0.6) is 0 Å². The van der Waals surface area contributed by atoms with Gasteiger partial charge in [0.25, 0.3) is 0 Å². The minimum Gasteiger partial charge on any atom is -0.299 e. The van der Waals surface area contributed by atoms with Crippen molar-refractivity contribution in [2.45, 2.75) is 12.8 Å². The second-order valence-corrected chi connectivity index (χ2v) is 4.02. The number of carbonyl (C=O) groups excluding carboxylic acids is 1. The van der Waals surface area contributed by atoms with Crippen molar-refractivity contribution >= 4 is 21.7 Å². The summed E-state index contributed by atoms with van der Waals surface area (Å²) in [4.78, 5) is 11.2. The van der Waals surface area contributed by atoms with Crippen LogP contribution in [0.25, 0.3) is 0 Å². The molecule has 11 heavy (non-hydrogen) atoms. The van der Waals surface area contributed by atoms with Crippen LogP contribution in [0, 0.1) is 11.8 Å². The number of ketones is 1.